The van der Waals surface area contributed by atoms with E-state index in [0.29, 0.717) is 11.6 Å². The Bertz CT molecular complexity index is 1080. The van der Waals surface area contributed by atoms with Gasteiger partial charge in [-0.2, -0.15) is 0 Å². The largest absolute Gasteiger partial charge is 0.398 e. The Hall–Kier alpha value is -2.70. The summed E-state index contributed by atoms with van der Waals surface area (Å²) < 4.78 is 5.46. The van der Waals surface area contributed by atoms with Gasteiger partial charge in [0.2, 0.25) is 0 Å². The quantitative estimate of drug-likeness (QED) is 0.696. The minimum Gasteiger partial charge on any atom is -0.398 e. The lowest BCUT2D eigenvalue weighted by Crippen LogP contribution is -2.36. The van der Waals surface area contributed by atoms with Gasteiger partial charge in [0.15, 0.2) is 0 Å². The van der Waals surface area contributed by atoms with Crippen molar-refractivity contribution in [3.8, 4) is 0 Å². The summed E-state index contributed by atoms with van der Waals surface area (Å²) in [5.41, 5.74) is 13.4. The highest BCUT2D eigenvalue weighted by Crippen LogP contribution is 2.36. The Balaban J connectivity index is 1.56. The zero-order valence-electron chi connectivity index (χ0n) is 15.7. The van der Waals surface area contributed by atoms with Crippen LogP contribution in [-0.2, 0) is 4.74 Å². The smallest absolute Gasteiger partial charge is 0.138 e. The first-order valence-electron chi connectivity index (χ1n) is 9.42. The van der Waals surface area contributed by atoms with Gasteiger partial charge in [0.1, 0.15) is 5.82 Å². The molecule has 0 aliphatic carbocycles. The number of benzene rings is 2. The average Bonchev–Trinajstić information content (AvgIpc) is 3.14. The fourth-order valence-corrected chi connectivity index (χ4v) is 4.16. The first-order chi connectivity index (χ1) is 13.6. The number of nitrogens with zero attached hydrogens (tertiary/aromatic N) is 3. The second-order valence-electron chi connectivity index (χ2n) is 7.30. The molecule has 1 fully saturated rings. The van der Waals surface area contributed by atoms with Crippen molar-refractivity contribution in [3.05, 3.63) is 52.8 Å². The Kier molecular flexibility index (Phi) is 4.18. The highest BCUT2D eigenvalue weighted by Gasteiger charge is 2.24. The summed E-state index contributed by atoms with van der Waals surface area (Å²) in [6.07, 6.45) is 0. The van der Waals surface area contributed by atoms with Gasteiger partial charge in [0.05, 0.1) is 24.2 Å². The number of aromatic amines is 1. The van der Waals surface area contributed by atoms with Crippen molar-refractivity contribution in [2.75, 3.05) is 49.7 Å². The summed E-state index contributed by atoms with van der Waals surface area (Å²) in [5.74, 6) is 0.809. The van der Waals surface area contributed by atoms with E-state index in [4.69, 9.17) is 27.1 Å². The molecule has 0 unspecified atom stereocenters. The molecule has 5 rings (SSSR count). The molecule has 144 valence electrons. The molecule has 2 aromatic carbocycles. The molecule has 6 nitrogen and oxygen atoms in total. The third-order valence-electron chi connectivity index (χ3n) is 5.51. The Labute approximate surface area is 168 Å². The number of ether oxygens (including phenoxy) is 1. The molecule has 2 aliphatic heterocycles. The lowest BCUT2D eigenvalue weighted by Gasteiger charge is -2.29. The van der Waals surface area contributed by atoms with Crippen molar-refractivity contribution in [1.82, 2.24) is 9.97 Å². The number of H-pyrrole nitrogens is 1. The van der Waals surface area contributed by atoms with Crippen molar-refractivity contribution >= 4 is 45.3 Å². The molecule has 3 N–H and O–H groups in total. The summed E-state index contributed by atoms with van der Waals surface area (Å²) in [6, 6.07) is 12.2. The van der Waals surface area contributed by atoms with Crippen LogP contribution < -0.4 is 15.5 Å². The van der Waals surface area contributed by atoms with Crippen LogP contribution in [0.15, 0.2) is 36.4 Å². The van der Waals surface area contributed by atoms with Crippen LogP contribution in [0.4, 0.5) is 11.4 Å². The van der Waals surface area contributed by atoms with Crippen LogP contribution in [0, 0.1) is 0 Å². The summed E-state index contributed by atoms with van der Waals surface area (Å²) in [7, 11) is 2.05. The van der Waals surface area contributed by atoms with E-state index in [9.17, 15) is 0 Å². The number of nitrogens with two attached hydrogens (primary N) is 1. The van der Waals surface area contributed by atoms with Crippen LogP contribution in [0.25, 0.3) is 22.3 Å². The minimum atomic E-state index is 0.677. The molecule has 0 spiro atoms. The van der Waals surface area contributed by atoms with E-state index in [0.717, 1.165) is 65.7 Å². The highest BCUT2D eigenvalue weighted by molar-refractivity contribution is 6.31. The monoisotopic (exact) mass is 395 g/mol. The van der Waals surface area contributed by atoms with E-state index in [1.807, 2.05) is 18.2 Å². The van der Waals surface area contributed by atoms with Crippen LogP contribution in [0.5, 0.6) is 0 Å². The van der Waals surface area contributed by atoms with E-state index in [2.05, 4.69) is 40.0 Å². The number of imidazole rings is 1. The van der Waals surface area contributed by atoms with Crippen molar-refractivity contribution in [1.29, 1.82) is 0 Å². The number of aromatic nitrogens is 2. The number of hydrogen-bond acceptors (Lipinski definition) is 5. The summed E-state index contributed by atoms with van der Waals surface area (Å²) in [5, 5.41) is 0.677. The second-order valence-corrected chi connectivity index (χ2v) is 7.73. The number of rotatable bonds is 2. The van der Waals surface area contributed by atoms with Crippen molar-refractivity contribution in [2.45, 2.75) is 0 Å². The second kappa shape index (κ2) is 6.72. The molecule has 1 aromatic heterocycles. The first kappa shape index (κ1) is 17.4. The fourth-order valence-electron chi connectivity index (χ4n) is 3.99. The van der Waals surface area contributed by atoms with Gasteiger partial charge in [-0.3, -0.25) is 0 Å². The molecule has 0 saturated carbocycles. The fraction of sp³-hybridized carbons (Fsp3) is 0.286. The average molecular weight is 396 g/mol. The Morgan fingerprint density at radius 3 is 2.79 bits per heavy atom. The first-order valence-corrected chi connectivity index (χ1v) is 9.80. The molecule has 28 heavy (non-hydrogen) atoms. The van der Waals surface area contributed by atoms with E-state index >= 15 is 0 Å². The lowest BCUT2D eigenvalue weighted by atomic mass is 9.99. The third kappa shape index (κ3) is 2.89. The maximum atomic E-state index is 6.53. The van der Waals surface area contributed by atoms with Gasteiger partial charge in [-0.25, -0.2) is 4.98 Å². The molecule has 0 amide bonds. The van der Waals surface area contributed by atoms with Crippen molar-refractivity contribution in [3.63, 3.8) is 0 Å². The number of halogens is 1. The summed E-state index contributed by atoms with van der Waals surface area (Å²) >= 11 is 6.21. The third-order valence-corrected chi connectivity index (χ3v) is 5.74. The van der Waals surface area contributed by atoms with E-state index in [1.165, 1.54) is 5.69 Å². The number of nitrogens with one attached hydrogen (secondary N) is 1. The predicted molar refractivity (Wildman–Crippen MR) is 115 cm³/mol. The van der Waals surface area contributed by atoms with E-state index < -0.39 is 0 Å². The van der Waals surface area contributed by atoms with Gasteiger partial charge >= 0.3 is 0 Å². The van der Waals surface area contributed by atoms with E-state index in [1.54, 1.807) is 0 Å². The molecule has 2 aliphatic rings. The zero-order valence-corrected chi connectivity index (χ0v) is 16.5. The van der Waals surface area contributed by atoms with Crippen LogP contribution in [-0.4, -0.2) is 49.9 Å². The number of fused-ring (bicyclic) bond motifs is 2. The standard InChI is InChI=1S/C21H22ClN5O/c1-26-12-16(20(23)15-10-13(22)2-5-19(15)26)21-24-17-4-3-14(11-18(17)25-21)27-6-8-28-9-7-27/h2-5,10-11H,6-9,12,23H2,1H3,(H,24,25). The predicted octanol–water partition coefficient (Wildman–Crippen LogP) is 3.33. The molecule has 1 saturated heterocycles. The van der Waals surface area contributed by atoms with Crippen LogP contribution >= 0.6 is 11.6 Å². The molecular formula is C21H22ClN5O. The maximum absolute atomic E-state index is 6.53. The lowest BCUT2D eigenvalue weighted by molar-refractivity contribution is 0.122. The molecule has 0 bridgehead atoms. The van der Waals surface area contributed by atoms with Gasteiger partial charge in [0, 0.05) is 59.9 Å². The highest BCUT2D eigenvalue weighted by atomic mass is 35.5. The van der Waals surface area contributed by atoms with Gasteiger partial charge in [-0.15, -0.1) is 0 Å². The van der Waals surface area contributed by atoms with Crippen LogP contribution in [0.2, 0.25) is 5.02 Å². The topological polar surface area (TPSA) is 70.4 Å². The van der Waals surface area contributed by atoms with Crippen LogP contribution in [0.1, 0.15) is 11.4 Å². The number of anilines is 2. The van der Waals surface area contributed by atoms with Crippen molar-refractivity contribution in [2.24, 2.45) is 5.73 Å². The number of hydrogen-bond donors (Lipinski definition) is 2. The molecule has 3 heterocycles. The van der Waals surface area contributed by atoms with Crippen LogP contribution in [0.3, 0.4) is 0 Å². The molecule has 3 aromatic rings. The van der Waals surface area contributed by atoms with Gasteiger partial charge in [-0.1, -0.05) is 11.6 Å². The Morgan fingerprint density at radius 1 is 1.14 bits per heavy atom. The molecular weight excluding hydrogens is 374 g/mol. The van der Waals surface area contributed by atoms with Crippen molar-refractivity contribution < 1.29 is 4.74 Å². The number of likely N-dealkylation sites (N-methyl/N-ethyl adjacent to an activating group) is 1. The minimum absolute atomic E-state index is 0.677. The molecule has 0 radical (unpaired) electrons. The molecule has 0 atom stereocenters. The molecule has 7 heteroatoms. The maximum Gasteiger partial charge on any atom is 0.138 e. The van der Waals surface area contributed by atoms with Gasteiger partial charge in [-0.05, 0) is 36.4 Å². The van der Waals surface area contributed by atoms with Gasteiger partial charge in [0.25, 0.3) is 0 Å². The summed E-state index contributed by atoms with van der Waals surface area (Å²) in [6.45, 7) is 4.05. The van der Waals surface area contributed by atoms with Gasteiger partial charge < -0.3 is 25.3 Å². The SMILES string of the molecule is CN1CC(c2nc3ccc(N4CCOCC4)cc3[nH]2)=C(N)c2cc(Cl)ccc21. The summed E-state index contributed by atoms with van der Waals surface area (Å²) in [4.78, 5) is 12.8. The number of morpholine rings is 1. The Morgan fingerprint density at radius 2 is 1.96 bits per heavy atom. The van der Waals surface area contributed by atoms with E-state index in [-0.39, 0.29) is 0 Å². The zero-order chi connectivity index (χ0) is 19.3. The normalized spacial score (nSPS) is 17.4.